The molecule has 0 spiro atoms. The Bertz CT molecular complexity index is 445. The minimum Gasteiger partial charge on any atom is -0.492 e. The molecule has 0 heterocycles. The number of likely N-dealkylation sites (N-methyl/N-ethyl adjacent to an activating group) is 1. The molecule has 0 saturated carbocycles. The highest BCUT2D eigenvalue weighted by Gasteiger charge is 2.00. The third kappa shape index (κ3) is 5.57. The summed E-state index contributed by atoms with van der Waals surface area (Å²) in [6.45, 7) is 11.5. The van der Waals surface area contributed by atoms with Gasteiger partial charge in [0, 0.05) is 6.54 Å². The van der Waals surface area contributed by atoms with Gasteiger partial charge in [0.2, 0.25) is 0 Å². The fourth-order valence-corrected chi connectivity index (χ4v) is 1.84. The lowest BCUT2D eigenvalue weighted by Crippen LogP contribution is -2.27. The van der Waals surface area contributed by atoms with Crippen molar-refractivity contribution >= 4 is 11.9 Å². The maximum Gasteiger partial charge on any atom is 0.155 e. The second-order valence-electron chi connectivity index (χ2n) is 4.83. The van der Waals surface area contributed by atoms with Gasteiger partial charge in [0.05, 0.1) is 0 Å². The van der Waals surface area contributed by atoms with Crippen molar-refractivity contribution in [2.24, 2.45) is 0 Å². The first-order valence-corrected chi connectivity index (χ1v) is 7.21. The summed E-state index contributed by atoms with van der Waals surface area (Å²) in [5.41, 5.74) is 1.79. The number of allylic oxidation sites excluding steroid dienone is 1. The monoisotopic (exact) mass is 275 g/mol. The number of benzene rings is 1. The lowest BCUT2D eigenvalue weighted by atomic mass is 10.1. The summed E-state index contributed by atoms with van der Waals surface area (Å²) in [5.74, 6) is 0.972. The van der Waals surface area contributed by atoms with Crippen LogP contribution >= 0.6 is 0 Å². The maximum atomic E-state index is 11.2. The molecule has 0 unspecified atom stereocenters. The molecule has 1 aromatic rings. The summed E-state index contributed by atoms with van der Waals surface area (Å²) in [7, 11) is 0. The molecule has 0 aliphatic heterocycles. The fourth-order valence-electron chi connectivity index (χ4n) is 1.84. The van der Waals surface area contributed by atoms with E-state index in [0.29, 0.717) is 6.61 Å². The van der Waals surface area contributed by atoms with E-state index in [9.17, 15) is 4.79 Å². The summed E-state index contributed by atoms with van der Waals surface area (Å²) in [5, 5.41) is 0. The topological polar surface area (TPSA) is 29.5 Å². The van der Waals surface area contributed by atoms with Crippen LogP contribution < -0.4 is 4.74 Å². The zero-order chi connectivity index (χ0) is 15.0. The highest BCUT2D eigenvalue weighted by molar-refractivity contribution is 5.97. The van der Waals surface area contributed by atoms with E-state index < -0.39 is 0 Å². The molecular formula is C17H25NO2. The number of ketones is 1. The quantitative estimate of drug-likeness (QED) is 0.681. The molecule has 1 rings (SSSR count). The van der Waals surface area contributed by atoms with E-state index in [1.165, 1.54) is 0 Å². The van der Waals surface area contributed by atoms with Gasteiger partial charge in [-0.1, -0.05) is 26.0 Å². The molecule has 3 nitrogen and oxygen atoms in total. The van der Waals surface area contributed by atoms with Gasteiger partial charge in [0.15, 0.2) is 5.78 Å². The number of hydrogen-bond acceptors (Lipinski definition) is 3. The summed E-state index contributed by atoms with van der Waals surface area (Å²) < 4.78 is 5.72. The van der Waals surface area contributed by atoms with E-state index in [2.05, 4.69) is 18.7 Å². The Labute approximate surface area is 122 Å². The number of rotatable bonds is 8. The van der Waals surface area contributed by atoms with Gasteiger partial charge < -0.3 is 9.64 Å². The van der Waals surface area contributed by atoms with Crippen LogP contribution in [0.25, 0.3) is 6.08 Å². The van der Waals surface area contributed by atoms with Gasteiger partial charge in [-0.25, -0.2) is 0 Å². The zero-order valence-electron chi connectivity index (χ0n) is 13.0. The van der Waals surface area contributed by atoms with Gasteiger partial charge in [0.25, 0.3) is 0 Å². The van der Waals surface area contributed by atoms with E-state index in [0.717, 1.165) is 36.5 Å². The van der Waals surface area contributed by atoms with Gasteiger partial charge in [0.1, 0.15) is 12.4 Å². The van der Waals surface area contributed by atoms with Crippen LogP contribution in [0.15, 0.2) is 29.8 Å². The number of Topliss-reactive ketones (excluding diaryl/α,β-unsaturated/α-hetero) is 1. The van der Waals surface area contributed by atoms with Crippen LogP contribution in [0.1, 0.15) is 33.3 Å². The molecule has 0 aliphatic rings. The predicted molar refractivity (Wildman–Crippen MR) is 84.1 cm³/mol. The third-order valence-corrected chi connectivity index (χ3v) is 3.39. The van der Waals surface area contributed by atoms with Gasteiger partial charge in [-0.05, 0) is 56.3 Å². The first-order valence-electron chi connectivity index (χ1n) is 7.21. The van der Waals surface area contributed by atoms with Gasteiger partial charge in [-0.3, -0.25) is 4.79 Å². The Morgan fingerprint density at radius 1 is 1.15 bits per heavy atom. The average molecular weight is 275 g/mol. The van der Waals surface area contributed by atoms with Crippen molar-refractivity contribution in [1.29, 1.82) is 0 Å². The molecule has 0 N–H and O–H groups in total. The molecule has 0 amide bonds. The largest absolute Gasteiger partial charge is 0.492 e. The van der Waals surface area contributed by atoms with E-state index in [4.69, 9.17) is 4.74 Å². The summed E-state index contributed by atoms with van der Waals surface area (Å²) in [6, 6.07) is 7.83. The fraction of sp³-hybridized carbons (Fsp3) is 0.471. The summed E-state index contributed by atoms with van der Waals surface area (Å²) in [6.07, 6.45) is 1.89. The third-order valence-electron chi connectivity index (χ3n) is 3.39. The molecule has 20 heavy (non-hydrogen) atoms. The Morgan fingerprint density at radius 2 is 1.75 bits per heavy atom. The molecule has 0 aliphatic carbocycles. The first-order chi connectivity index (χ1) is 9.56. The molecule has 0 atom stereocenters. The molecule has 1 aromatic carbocycles. The van der Waals surface area contributed by atoms with Crippen LogP contribution in [-0.2, 0) is 4.79 Å². The lowest BCUT2D eigenvalue weighted by molar-refractivity contribution is -0.113. The maximum absolute atomic E-state index is 11.2. The van der Waals surface area contributed by atoms with E-state index in [-0.39, 0.29) is 5.78 Å². The summed E-state index contributed by atoms with van der Waals surface area (Å²) >= 11 is 0. The van der Waals surface area contributed by atoms with Gasteiger partial charge in [-0.2, -0.15) is 0 Å². The molecule has 3 heteroatoms. The average Bonchev–Trinajstić information content (AvgIpc) is 2.45. The van der Waals surface area contributed by atoms with Crippen LogP contribution in [0.3, 0.4) is 0 Å². The van der Waals surface area contributed by atoms with E-state index in [1.807, 2.05) is 37.3 Å². The number of ether oxygens (including phenoxy) is 1. The second-order valence-corrected chi connectivity index (χ2v) is 4.83. The standard InChI is InChI=1S/C17H25NO2/c1-5-18(6-2)11-12-20-17-9-7-16(8-10-17)13-14(3)15(4)19/h7-10,13H,5-6,11-12H2,1-4H3. The van der Waals surface area contributed by atoms with Crippen LogP contribution in [0, 0.1) is 0 Å². The Kier molecular flexibility index (Phi) is 7.02. The van der Waals surface area contributed by atoms with Crippen LogP contribution in [0.2, 0.25) is 0 Å². The molecule has 0 aromatic heterocycles. The molecule has 0 saturated heterocycles. The molecule has 0 fully saturated rings. The van der Waals surface area contributed by atoms with E-state index >= 15 is 0 Å². The van der Waals surface area contributed by atoms with Crippen molar-refractivity contribution in [1.82, 2.24) is 4.90 Å². The molecule has 110 valence electrons. The Balaban J connectivity index is 2.51. The van der Waals surface area contributed by atoms with Crippen molar-refractivity contribution in [2.45, 2.75) is 27.7 Å². The van der Waals surface area contributed by atoms with Crippen molar-refractivity contribution in [3.8, 4) is 5.75 Å². The van der Waals surface area contributed by atoms with Gasteiger partial charge >= 0.3 is 0 Å². The predicted octanol–water partition coefficient (Wildman–Crippen LogP) is 3.40. The van der Waals surface area contributed by atoms with Crippen molar-refractivity contribution in [3.63, 3.8) is 0 Å². The highest BCUT2D eigenvalue weighted by atomic mass is 16.5. The number of carbonyl (C=O) groups is 1. The minimum absolute atomic E-state index is 0.101. The van der Waals surface area contributed by atoms with Crippen molar-refractivity contribution in [2.75, 3.05) is 26.2 Å². The minimum atomic E-state index is 0.101. The second kappa shape index (κ2) is 8.54. The van der Waals surface area contributed by atoms with Crippen LogP contribution in [0.4, 0.5) is 0 Å². The number of hydrogen-bond donors (Lipinski definition) is 0. The normalized spacial score (nSPS) is 11.8. The van der Waals surface area contributed by atoms with E-state index in [1.54, 1.807) is 6.92 Å². The van der Waals surface area contributed by atoms with Crippen molar-refractivity contribution < 1.29 is 9.53 Å². The van der Waals surface area contributed by atoms with Crippen molar-refractivity contribution in [3.05, 3.63) is 35.4 Å². The Hall–Kier alpha value is -1.61. The molecular weight excluding hydrogens is 250 g/mol. The first kappa shape index (κ1) is 16.4. The number of carbonyl (C=O) groups excluding carboxylic acids is 1. The smallest absolute Gasteiger partial charge is 0.155 e. The van der Waals surface area contributed by atoms with Crippen LogP contribution in [0.5, 0.6) is 5.75 Å². The molecule has 0 radical (unpaired) electrons. The SMILES string of the molecule is CCN(CC)CCOc1ccc(C=C(C)C(C)=O)cc1. The molecule has 0 bridgehead atoms. The van der Waals surface area contributed by atoms with Gasteiger partial charge in [-0.15, -0.1) is 0 Å². The van der Waals surface area contributed by atoms with Crippen LogP contribution in [-0.4, -0.2) is 36.9 Å². The Morgan fingerprint density at radius 3 is 2.25 bits per heavy atom. The lowest BCUT2D eigenvalue weighted by Gasteiger charge is -2.18. The summed E-state index contributed by atoms with van der Waals surface area (Å²) in [4.78, 5) is 13.5. The number of nitrogens with zero attached hydrogens (tertiary/aromatic N) is 1. The zero-order valence-corrected chi connectivity index (χ0v) is 13.0. The highest BCUT2D eigenvalue weighted by Crippen LogP contribution is 2.14.